The second kappa shape index (κ2) is 6.42. The Balaban J connectivity index is 1.75. The number of fused-ring (bicyclic) bond motifs is 2. The summed E-state index contributed by atoms with van der Waals surface area (Å²) in [6, 6.07) is 11.2. The van der Waals surface area contributed by atoms with Crippen LogP contribution in [0.5, 0.6) is 0 Å². The molecule has 0 bridgehead atoms. The highest BCUT2D eigenvalue weighted by Gasteiger charge is 2.50. The molecule has 5 rings (SSSR count). The lowest BCUT2D eigenvalue weighted by molar-refractivity contribution is -0.113. The standard InChI is InChI=1S/C23H17F5N2O/c1-13-18(14-6-8-16(24)9-7-14)19(21(31)29-11-22(25,26)12-29)30-10-15-4-2-3-5-17(15)23(27,28)20(13)30/h2-9H,10-12H2,1H3. The zero-order valence-corrected chi connectivity index (χ0v) is 16.4. The number of hydrogen-bond acceptors (Lipinski definition) is 1. The van der Waals surface area contributed by atoms with E-state index in [0.29, 0.717) is 11.1 Å². The molecule has 0 N–H and O–H groups in total. The smallest absolute Gasteiger partial charge is 0.313 e. The van der Waals surface area contributed by atoms with Crippen LogP contribution in [0.2, 0.25) is 0 Å². The molecule has 160 valence electrons. The number of amides is 1. The lowest BCUT2D eigenvalue weighted by Crippen LogP contribution is -2.58. The Morgan fingerprint density at radius 3 is 2.26 bits per heavy atom. The van der Waals surface area contributed by atoms with E-state index in [9.17, 15) is 18.0 Å². The Morgan fingerprint density at radius 2 is 1.61 bits per heavy atom. The second-order valence-corrected chi connectivity index (χ2v) is 8.04. The molecule has 31 heavy (non-hydrogen) atoms. The fourth-order valence-corrected chi connectivity index (χ4v) is 4.57. The van der Waals surface area contributed by atoms with Gasteiger partial charge in [0.1, 0.15) is 11.5 Å². The third-order valence-electron chi connectivity index (χ3n) is 5.96. The Bertz CT molecular complexity index is 1210. The molecule has 1 saturated heterocycles. The summed E-state index contributed by atoms with van der Waals surface area (Å²) in [4.78, 5) is 14.2. The van der Waals surface area contributed by atoms with Crippen molar-refractivity contribution in [2.24, 2.45) is 0 Å². The number of carbonyl (C=O) groups excluding carboxylic acids is 1. The van der Waals surface area contributed by atoms with Gasteiger partial charge >= 0.3 is 5.92 Å². The van der Waals surface area contributed by atoms with Crippen LogP contribution in [0.3, 0.4) is 0 Å². The Hall–Kier alpha value is -3.16. The lowest BCUT2D eigenvalue weighted by Gasteiger charge is -2.39. The maximum Gasteiger partial charge on any atom is 0.313 e. The van der Waals surface area contributed by atoms with Gasteiger partial charge in [0.15, 0.2) is 0 Å². The molecule has 2 aliphatic rings. The van der Waals surface area contributed by atoms with Gasteiger partial charge in [-0.1, -0.05) is 36.4 Å². The number of nitrogens with zero attached hydrogens (tertiary/aromatic N) is 2. The van der Waals surface area contributed by atoms with Crippen molar-refractivity contribution in [3.05, 3.63) is 82.4 Å². The number of halogens is 5. The number of hydrogen-bond donors (Lipinski definition) is 0. The van der Waals surface area contributed by atoms with Crippen LogP contribution in [0.25, 0.3) is 11.1 Å². The number of rotatable bonds is 2. The van der Waals surface area contributed by atoms with E-state index in [2.05, 4.69) is 0 Å². The van der Waals surface area contributed by atoms with Gasteiger partial charge in [0.25, 0.3) is 11.8 Å². The molecule has 0 radical (unpaired) electrons. The summed E-state index contributed by atoms with van der Waals surface area (Å²) in [6.45, 7) is -0.0369. The molecule has 1 fully saturated rings. The van der Waals surface area contributed by atoms with Gasteiger partial charge in [-0.3, -0.25) is 4.79 Å². The normalized spacial score (nSPS) is 18.2. The van der Waals surface area contributed by atoms with Crippen molar-refractivity contribution in [2.75, 3.05) is 13.1 Å². The first-order valence-corrected chi connectivity index (χ1v) is 9.73. The highest BCUT2D eigenvalue weighted by molar-refractivity contribution is 6.01. The maximum absolute atomic E-state index is 15.6. The Morgan fingerprint density at radius 1 is 0.968 bits per heavy atom. The van der Waals surface area contributed by atoms with Crippen molar-refractivity contribution >= 4 is 5.91 Å². The van der Waals surface area contributed by atoms with Crippen LogP contribution in [0.15, 0.2) is 48.5 Å². The zero-order chi connectivity index (χ0) is 22.1. The van der Waals surface area contributed by atoms with E-state index in [1.54, 1.807) is 12.1 Å². The van der Waals surface area contributed by atoms with Gasteiger partial charge in [-0.15, -0.1) is 0 Å². The SMILES string of the molecule is Cc1c(-c2ccc(F)cc2)c(C(=O)N2CC(F)(F)C2)n2c1C(F)(F)c1ccccc1C2. The minimum Gasteiger partial charge on any atom is -0.330 e. The third kappa shape index (κ3) is 2.88. The first kappa shape index (κ1) is 19.8. The summed E-state index contributed by atoms with van der Waals surface area (Å²) in [5.41, 5.74) is 0.526. The molecule has 0 atom stereocenters. The van der Waals surface area contributed by atoms with Gasteiger partial charge in [0, 0.05) is 17.7 Å². The molecule has 3 nitrogen and oxygen atoms in total. The van der Waals surface area contributed by atoms with E-state index in [0.717, 1.165) is 4.90 Å². The van der Waals surface area contributed by atoms with E-state index in [-0.39, 0.29) is 34.6 Å². The van der Waals surface area contributed by atoms with Crippen molar-refractivity contribution in [3.8, 4) is 11.1 Å². The molecule has 0 spiro atoms. The van der Waals surface area contributed by atoms with Crippen molar-refractivity contribution in [1.82, 2.24) is 9.47 Å². The summed E-state index contributed by atoms with van der Waals surface area (Å²) in [5.74, 6) is -7.63. The highest BCUT2D eigenvalue weighted by Crippen LogP contribution is 2.48. The van der Waals surface area contributed by atoms with E-state index in [4.69, 9.17) is 0 Å². The molecule has 2 aliphatic heterocycles. The van der Waals surface area contributed by atoms with Crippen LogP contribution in [-0.2, 0) is 12.5 Å². The molecule has 0 aliphatic carbocycles. The number of carbonyl (C=O) groups is 1. The molecule has 0 unspecified atom stereocenters. The quantitative estimate of drug-likeness (QED) is 0.512. The van der Waals surface area contributed by atoms with Crippen LogP contribution in [0.1, 0.15) is 32.9 Å². The van der Waals surface area contributed by atoms with Crippen molar-refractivity contribution < 1.29 is 26.7 Å². The molecular formula is C23H17F5N2O. The van der Waals surface area contributed by atoms with Crippen LogP contribution in [-0.4, -0.2) is 34.4 Å². The van der Waals surface area contributed by atoms with Crippen LogP contribution >= 0.6 is 0 Å². The molecule has 2 aromatic carbocycles. The van der Waals surface area contributed by atoms with Crippen LogP contribution in [0.4, 0.5) is 22.0 Å². The number of alkyl halides is 4. The summed E-state index contributed by atoms with van der Waals surface area (Å²) >= 11 is 0. The first-order chi connectivity index (χ1) is 14.6. The van der Waals surface area contributed by atoms with Crippen molar-refractivity contribution in [2.45, 2.75) is 25.3 Å². The topological polar surface area (TPSA) is 25.2 Å². The molecule has 8 heteroatoms. The number of benzene rings is 2. The molecule has 1 amide bonds. The van der Waals surface area contributed by atoms with Gasteiger partial charge < -0.3 is 9.47 Å². The van der Waals surface area contributed by atoms with Gasteiger partial charge in [-0.2, -0.15) is 8.78 Å². The fourth-order valence-electron chi connectivity index (χ4n) is 4.57. The second-order valence-electron chi connectivity index (χ2n) is 8.04. The van der Waals surface area contributed by atoms with Gasteiger partial charge in [-0.05, 0) is 35.7 Å². The Labute approximate surface area is 174 Å². The number of aromatic nitrogens is 1. The summed E-state index contributed by atoms with van der Waals surface area (Å²) in [6.07, 6.45) is 0. The molecule has 3 aromatic rings. The van der Waals surface area contributed by atoms with Gasteiger partial charge in [-0.25, -0.2) is 13.2 Å². The largest absolute Gasteiger partial charge is 0.330 e. The summed E-state index contributed by atoms with van der Waals surface area (Å²) in [5, 5.41) is 0. The van der Waals surface area contributed by atoms with Crippen LogP contribution in [0, 0.1) is 12.7 Å². The highest BCUT2D eigenvalue weighted by atomic mass is 19.3. The monoisotopic (exact) mass is 432 g/mol. The van der Waals surface area contributed by atoms with Crippen molar-refractivity contribution in [1.29, 1.82) is 0 Å². The van der Waals surface area contributed by atoms with E-state index in [1.807, 2.05) is 0 Å². The molecule has 0 saturated carbocycles. The molecular weight excluding hydrogens is 415 g/mol. The average molecular weight is 432 g/mol. The summed E-state index contributed by atoms with van der Waals surface area (Å²) in [7, 11) is 0. The third-order valence-corrected chi connectivity index (χ3v) is 5.96. The van der Waals surface area contributed by atoms with Gasteiger partial charge in [0.2, 0.25) is 0 Å². The van der Waals surface area contributed by atoms with E-state index >= 15 is 8.78 Å². The predicted molar refractivity (Wildman–Crippen MR) is 104 cm³/mol. The zero-order valence-electron chi connectivity index (χ0n) is 16.4. The van der Waals surface area contributed by atoms with E-state index < -0.39 is 36.7 Å². The van der Waals surface area contributed by atoms with E-state index in [1.165, 1.54) is 47.9 Å². The minimum atomic E-state index is -3.38. The fraction of sp³-hybridized carbons (Fsp3) is 0.261. The molecule has 3 heterocycles. The maximum atomic E-state index is 15.6. The lowest BCUT2D eigenvalue weighted by atomic mass is 9.93. The van der Waals surface area contributed by atoms with Gasteiger partial charge in [0.05, 0.1) is 18.8 Å². The molecule has 1 aromatic heterocycles. The van der Waals surface area contributed by atoms with Crippen LogP contribution < -0.4 is 0 Å². The average Bonchev–Trinajstić information content (AvgIpc) is 2.99. The minimum absolute atomic E-state index is 0.00837. The predicted octanol–water partition coefficient (Wildman–Crippen LogP) is 5.20. The summed E-state index contributed by atoms with van der Waals surface area (Å²) < 4.78 is 72.7. The Kier molecular flexibility index (Phi) is 4.10. The number of likely N-dealkylation sites (tertiary alicyclic amines) is 1. The van der Waals surface area contributed by atoms with Crippen molar-refractivity contribution in [3.63, 3.8) is 0 Å². The first-order valence-electron chi connectivity index (χ1n) is 9.73.